The van der Waals surface area contributed by atoms with Gasteiger partial charge >= 0.3 is 0 Å². The first kappa shape index (κ1) is 20.1. The highest BCUT2D eigenvalue weighted by atomic mass is 16.2. The van der Waals surface area contributed by atoms with Gasteiger partial charge in [0, 0.05) is 38.3 Å². The van der Waals surface area contributed by atoms with Crippen LogP contribution in [0.2, 0.25) is 0 Å². The Morgan fingerprint density at radius 1 is 0.929 bits per heavy atom. The number of hydrogen-bond acceptors (Lipinski definition) is 3. The number of carbonyl (C=O) groups is 2. The maximum absolute atomic E-state index is 12.7. The molecule has 0 radical (unpaired) electrons. The fraction of sp³-hybridized carbons (Fsp3) is 0.391. The molecule has 148 valence electrons. The predicted octanol–water partition coefficient (Wildman–Crippen LogP) is 2.95. The Bertz CT molecular complexity index is 799. The molecule has 2 aromatic carbocycles. The third-order valence-corrected chi connectivity index (χ3v) is 5.22. The van der Waals surface area contributed by atoms with Crippen LogP contribution in [0, 0.1) is 0 Å². The van der Waals surface area contributed by atoms with Crippen LogP contribution < -0.4 is 4.90 Å². The molecule has 1 fully saturated rings. The van der Waals surface area contributed by atoms with Crippen molar-refractivity contribution in [1.82, 2.24) is 9.80 Å². The lowest BCUT2D eigenvalue weighted by atomic mass is 10.1. The van der Waals surface area contributed by atoms with E-state index in [2.05, 4.69) is 11.9 Å². The second-order valence-corrected chi connectivity index (χ2v) is 7.35. The molecule has 5 heteroatoms. The van der Waals surface area contributed by atoms with Crippen molar-refractivity contribution in [3.05, 3.63) is 65.7 Å². The van der Waals surface area contributed by atoms with Gasteiger partial charge in [-0.1, -0.05) is 49.4 Å². The molecule has 0 N–H and O–H groups in total. The molecule has 5 nitrogen and oxygen atoms in total. The van der Waals surface area contributed by atoms with Gasteiger partial charge in [0.1, 0.15) is 0 Å². The van der Waals surface area contributed by atoms with Crippen LogP contribution >= 0.6 is 0 Å². The molecule has 2 amide bonds. The summed E-state index contributed by atoms with van der Waals surface area (Å²) >= 11 is 0. The van der Waals surface area contributed by atoms with Crippen LogP contribution in [-0.2, 0) is 22.6 Å². The topological polar surface area (TPSA) is 43.9 Å². The molecule has 1 aliphatic heterocycles. The normalized spacial score (nSPS) is 14.7. The first-order valence-corrected chi connectivity index (χ1v) is 9.96. The molecule has 1 saturated heterocycles. The van der Waals surface area contributed by atoms with Crippen molar-refractivity contribution in [2.75, 3.05) is 38.1 Å². The van der Waals surface area contributed by atoms with Gasteiger partial charge in [0.05, 0.1) is 13.0 Å². The summed E-state index contributed by atoms with van der Waals surface area (Å²) < 4.78 is 0. The molecule has 0 aliphatic carbocycles. The smallest absolute Gasteiger partial charge is 0.227 e. The largest absolute Gasteiger partial charge is 0.340 e. The molecule has 1 aliphatic rings. The monoisotopic (exact) mass is 379 g/mol. The molecule has 0 aromatic heterocycles. The van der Waals surface area contributed by atoms with E-state index in [4.69, 9.17) is 0 Å². The number of carbonyl (C=O) groups excluding carboxylic acids is 2. The van der Waals surface area contributed by atoms with E-state index in [0.717, 1.165) is 43.0 Å². The van der Waals surface area contributed by atoms with E-state index in [1.165, 1.54) is 0 Å². The number of piperazine rings is 1. The van der Waals surface area contributed by atoms with E-state index in [1.54, 1.807) is 4.90 Å². The number of anilines is 1. The van der Waals surface area contributed by atoms with Crippen LogP contribution in [0.3, 0.4) is 0 Å². The highest BCUT2D eigenvalue weighted by Gasteiger charge is 2.20. The average molecular weight is 380 g/mol. The van der Waals surface area contributed by atoms with Crippen molar-refractivity contribution in [2.24, 2.45) is 0 Å². The summed E-state index contributed by atoms with van der Waals surface area (Å²) in [6.45, 7) is 5.81. The Morgan fingerprint density at radius 2 is 1.61 bits per heavy atom. The number of rotatable bonds is 6. The lowest BCUT2D eigenvalue weighted by molar-refractivity contribution is -0.132. The lowest BCUT2D eigenvalue weighted by Gasteiger charge is -2.32. The molecule has 0 bridgehead atoms. The maximum Gasteiger partial charge on any atom is 0.227 e. The first-order chi connectivity index (χ1) is 13.6. The van der Waals surface area contributed by atoms with Gasteiger partial charge in [0.2, 0.25) is 11.8 Å². The van der Waals surface area contributed by atoms with Gasteiger partial charge in [-0.3, -0.25) is 9.59 Å². The van der Waals surface area contributed by atoms with Crippen molar-refractivity contribution < 1.29 is 9.59 Å². The fourth-order valence-electron chi connectivity index (χ4n) is 3.46. The molecule has 0 spiro atoms. The summed E-state index contributed by atoms with van der Waals surface area (Å²) in [6.07, 6.45) is 0.814. The molecular formula is C23H29N3O2. The van der Waals surface area contributed by atoms with Crippen LogP contribution in [0.4, 0.5) is 5.69 Å². The van der Waals surface area contributed by atoms with E-state index >= 15 is 0 Å². The molecule has 0 saturated carbocycles. The maximum atomic E-state index is 12.7. The van der Waals surface area contributed by atoms with Crippen molar-refractivity contribution in [1.29, 1.82) is 0 Å². The predicted molar refractivity (Wildman–Crippen MR) is 112 cm³/mol. The second kappa shape index (κ2) is 9.51. The van der Waals surface area contributed by atoms with Crippen LogP contribution in [0.5, 0.6) is 0 Å². The van der Waals surface area contributed by atoms with Gasteiger partial charge in [0.15, 0.2) is 0 Å². The van der Waals surface area contributed by atoms with Crippen molar-refractivity contribution in [3.8, 4) is 0 Å². The van der Waals surface area contributed by atoms with Crippen LogP contribution in [0.15, 0.2) is 54.6 Å². The minimum absolute atomic E-state index is 0.0754. The SMILES string of the molecule is CCC(=O)N(Cc1ccccc1)c1cccc(CC(=O)N2CCN(C)CC2)c1. The fourth-order valence-corrected chi connectivity index (χ4v) is 3.46. The molecule has 0 atom stereocenters. The van der Waals surface area contributed by atoms with Crippen molar-refractivity contribution in [3.63, 3.8) is 0 Å². The molecular weight excluding hydrogens is 350 g/mol. The highest BCUT2D eigenvalue weighted by Crippen LogP contribution is 2.21. The molecule has 28 heavy (non-hydrogen) atoms. The zero-order chi connectivity index (χ0) is 19.9. The van der Waals surface area contributed by atoms with E-state index < -0.39 is 0 Å². The average Bonchev–Trinajstić information content (AvgIpc) is 2.73. The molecule has 1 heterocycles. The first-order valence-electron chi connectivity index (χ1n) is 9.96. The van der Waals surface area contributed by atoms with E-state index in [0.29, 0.717) is 19.4 Å². The number of likely N-dealkylation sites (N-methyl/N-ethyl adjacent to an activating group) is 1. The number of hydrogen-bond donors (Lipinski definition) is 0. The van der Waals surface area contributed by atoms with Gasteiger partial charge in [-0.2, -0.15) is 0 Å². The van der Waals surface area contributed by atoms with E-state index in [-0.39, 0.29) is 11.8 Å². The van der Waals surface area contributed by atoms with E-state index in [1.807, 2.05) is 66.4 Å². The Balaban J connectivity index is 1.74. The lowest BCUT2D eigenvalue weighted by Crippen LogP contribution is -2.47. The summed E-state index contributed by atoms with van der Waals surface area (Å²) in [6, 6.07) is 17.8. The third-order valence-electron chi connectivity index (χ3n) is 5.22. The van der Waals surface area contributed by atoms with Gasteiger partial charge < -0.3 is 14.7 Å². The summed E-state index contributed by atoms with van der Waals surface area (Å²) in [7, 11) is 2.08. The molecule has 3 rings (SSSR count). The number of amides is 2. The summed E-state index contributed by atoms with van der Waals surface area (Å²) in [5, 5.41) is 0. The second-order valence-electron chi connectivity index (χ2n) is 7.35. The van der Waals surface area contributed by atoms with Crippen LogP contribution in [0.25, 0.3) is 0 Å². The quantitative estimate of drug-likeness (QED) is 0.775. The van der Waals surface area contributed by atoms with Gasteiger partial charge in [-0.25, -0.2) is 0 Å². The van der Waals surface area contributed by atoms with Gasteiger partial charge in [-0.05, 0) is 30.3 Å². The zero-order valence-corrected chi connectivity index (χ0v) is 16.8. The van der Waals surface area contributed by atoms with Crippen LogP contribution in [0.1, 0.15) is 24.5 Å². The zero-order valence-electron chi connectivity index (χ0n) is 16.8. The molecule has 0 unspecified atom stereocenters. The summed E-state index contributed by atoms with van der Waals surface area (Å²) in [5.74, 6) is 0.230. The number of benzene rings is 2. The Morgan fingerprint density at radius 3 is 2.29 bits per heavy atom. The minimum Gasteiger partial charge on any atom is -0.340 e. The Kier molecular flexibility index (Phi) is 6.82. The summed E-state index contributed by atoms with van der Waals surface area (Å²) in [4.78, 5) is 31.2. The van der Waals surface area contributed by atoms with Crippen molar-refractivity contribution in [2.45, 2.75) is 26.3 Å². The summed E-state index contributed by atoms with van der Waals surface area (Å²) in [5.41, 5.74) is 2.88. The Labute approximate surface area is 167 Å². The Hall–Kier alpha value is -2.66. The van der Waals surface area contributed by atoms with Crippen LogP contribution in [-0.4, -0.2) is 54.8 Å². The van der Waals surface area contributed by atoms with Gasteiger partial charge in [0.25, 0.3) is 0 Å². The number of nitrogens with zero attached hydrogens (tertiary/aromatic N) is 3. The molecule has 2 aromatic rings. The third kappa shape index (κ3) is 5.20. The minimum atomic E-state index is 0.0754. The van der Waals surface area contributed by atoms with Crippen molar-refractivity contribution >= 4 is 17.5 Å². The van der Waals surface area contributed by atoms with Gasteiger partial charge in [-0.15, -0.1) is 0 Å². The highest BCUT2D eigenvalue weighted by molar-refractivity contribution is 5.93. The standard InChI is InChI=1S/C23H29N3O2/c1-3-22(27)26(18-19-8-5-4-6-9-19)21-11-7-10-20(16-21)17-23(28)25-14-12-24(2)13-15-25/h4-11,16H,3,12-15,17-18H2,1-2H3. The van der Waals surface area contributed by atoms with E-state index in [9.17, 15) is 9.59 Å².